The zero-order valence-electron chi connectivity index (χ0n) is 18.8. The number of hydrogen-bond acceptors (Lipinski definition) is 4. The quantitative estimate of drug-likeness (QED) is 0.597. The molecule has 0 saturated heterocycles. The lowest BCUT2D eigenvalue weighted by Crippen LogP contribution is -2.48. The van der Waals surface area contributed by atoms with Gasteiger partial charge in [0, 0.05) is 37.4 Å². The third-order valence-corrected chi connectivity index (χ3v) is 6.28. The van der Waals surface area contributed by atoms with E-state index in [-0.39, 0.29) is 23.7 Å². The fourth-order valence-corrected chi connectivity index (χ4v) is 4.72. The molecule has 1 aliphatic heterocycles. The van der Waals surface area contributed by atoms with Gasteiger partial charge in [-0.1, -0.05) is 13.8 Å². The van der Waals surface area contributed by atoms with Crippen LogP contribution in [0.25, 0.3) is 0 Å². The van der Waals surface area contributed by atoms with Gasteiger partial charge in [0.1, 0.15) is 22.5 Å². The maximum atomic E-state index is 13.5. The molecule has 0 spiro atoms. The molecule has 0 radical (unpaired) electrons. The minimum atomic E-state index is -1.64. The number of pyridine rings is 1. The molecule has 2 N–H and O–H groups in total. The van der Waals surface area contributed by atoms with E-state index in [0.29, 0.717) is 11.3 Å². The van der Waals surface area contributed by atoms with Gasteiger partial charge >= 0.3 is 0 Å². The SMILES string of the molecule is CC.Cn1cc2c(c1C(=O)Nc1ccc(F)c(F)c1)OCC(C)(Cc1ccncc1)NS2=O. The van der Waals surface area contributed by atoms with Crippen LogP contribution in [-0.4, -0.2) is 31.8 Å². The Morgan fingerprint density at radius 1 is 1.24 bits per heavy atom. The first kappa shape index (κ1) is 24.5. The minimum absolute atomic E-state index is 0.0919. The standard InChI is InChI=1S/C21H20F2N4O3S.C2H6/c1-21(10-13-5-7-24-8-6-13)12-30-19-17(31(29)26-21)11-27(2)18(19)20(28)25-14-3-4-15(22)16(23)9-14;1-2/h3-9,11,26H,10,12H2,1-2H3,(H,25,28);1-2H3. The Kier molecular flexibility index (Phi) is 7.60. The van der Waals surface area contributed by atoms with Crippen molar-refractivity contribution in [3.63, 3.8) is 0 Å². The van der Waals surface area contributed by atoms with Gasteiger partial charge < -0.3 is 14.6 Å². The van der Waals surface area contributed by atoms with E-state index in [1.807, 2.05) is 32.9 Å². The van der Waals surface area contributed by atoms with Crippen molar-refractivity contribution in [2.75, 3.05) is 11.9 Å². The number of benzene rings is 1. The number of carbonyl (C=O) groups excluding carboxylic acids is 1. The lowest BCUT2D eigenvalue weighted by atomic mass is 9.95. The summed E-state index contributed by atoms with van der Waals surface area (Å²) in [6.07, 6.45) is 5.45. The van der Waals surface area contributed by atoms with Crippen LogP contribution in [0.15, 0.2) is 53.8 Å². The van der Waals surface area contributed by atoms with Gasteiger partial charge in [0.25, 0.3) is 5.91 Å². The first-order valence-electron chi connectivity index (χ1n) is 10.4. The Labute approximate surface area is 193 Å². The number of nitrogens with one attached hydrogen (secondary N) is 2. The van der Waals surface area contributed by atoms with Crippen molar-refractivity contribution in [2.45, 2.75) is 37.6 Å². The third kappa shape index (κ3) is 5.45. The van der Waals surface area contributed by atoms with Crippen LogP contribution < -0.4 is 14.8 Å². The maximum absolute atomic E-state index is 13.5. The van der Waals surface area contributed by atoms with Crippen LogP contribution in [-0.2, 0) is 24.5 Å². The second-order valence-corrected chi connectivity index (χ2v) is 8.80. The predicted octanol–water partition coefficient (Wildman–Crippen LogP) is 3.98. The lowest BCUT2D eigenvalue weighted by molar-refractivity contribution is 0.101. The molecule has 0 bridgehead atoms. The van der Waals surface area contributed by atoms with Gasteiger partial charge in [-0.2, -0.15) is 0 Å². The van der Waals surface area contributed by atoms with Crippen molar-refractivity contribution in [2.24, 2.45) is 7.05 Å². The van der Waals surface area contributed by atoms with Gasteiger partial charge in [0.2, 0.25) is 0 Å². The normalized spacial score (nSPS) is 19.4. The predicted molar refractivity (Wildman–Crippen MR) is 122 cm³/mol. The zero-order chi connectivity index (χ0) is 24.2. The van der Waals surface area contributed by atoms with Crippen LogP contribution >= 0.6 is 0 Å². The fourth-order valence-electron chi connectivity index (χ4n) is 3.45. The smallest absolute Gasteiger partial charge is 0.276 e. The molecule has 1 aliphatic rings. The van der Waals surface area contributed by atoms with Gasteiger partial charge in [-0.25, -0.2) is 17.7 Å². The highest BCUT2D eigenvalue weighted by Crippen LogP contribution is 2.33. The van der Waals surface area contributed by atoms with Gasteiger partial charge in [0.15, 0.2) is 23.1 Å². The minimum Gasteiger partial charge on any atom is -0.488 e. The van der Waals surface area contributed by atoms with Crippen LogP contribution in [0, 0.1) is 11.6 Å². The largest absolute Gasteiger partial charge is 0.488 e. The van der Waals surface area contributed by atoms with Crippen LogP contribution in [0.2, 0.25) is 0 Å². The first-order chi connectivity index (χ1) is 15.8. The van der Waals surface area contributed by atoms with Crippen LogP contribution in [0.5, 0.6) is 5.75 Å². The van der Waals surface area contributed by atoms with E-state index in [1.54, 1.807) is 25.6 Å². The molecule has 2 aromatic heterocycles. The summed E-state index contributed by atoms with van der Waals surface area (Å²) in [4.78, 5) is 17.2. The molecule has 4 rings (SSSR count). The van der Waals surface area contributed by atoms with Crippen molar-refractivity contribution >= 4 is 22.6 Å². The zero-order valence-corrected chi connectivity index (χ0v) is 19.6. The highest BCUT2D eigenvalue weighted by Gasteiger charge is 2.36. The second-order valence-electron chi connectivity index (χ2n) is 7.62. The van der Waals surface area contributed by atoms with Gasteiger partial charge in [-0.3, -0.25) is 9.78 Å². The topological polar surface area (TPSA) is 85.2 Å². The number of amides is 1. The molecule has 2 atom stereocenters. The van der Waals surface area contributed by atoms with Crippen molar-refractivity contribution in [1.82, 2.24) is 14.3 Å². The molecule has 0 aliphatic carbocycles. The van der Waals surface area contributed by atoms with E-state index in [9.17, 15) is 17.8 Å². The first-order valence-corrected chi connectivity index (χ1v) is 11.6. The summed E-state index contributed by atoms with van der Waals surface area (Å²) in [5.74, 6) is -2.49. The molecule has 1 aromatic carbocycles. The Morgan fingerprint density at radius 2 is 1.94 bits per heavy atom. The van der Waals surface area contributed by atoms with Crippen molar-refractivity contribution < 1.29 is 22.5 Å². The summed E-state index contributed by atoms with van der Waals surface area (Å²) in [6, 6.07) is 6.81. The molecular formula is C23H26F2N4O3S. The number of ether oxygens (including phenoxy) is 1. The summed E-state index contributed by atoms with van der Waals surface area (Å²) in [6.45, 7) is 6.04. The molecule has 3 aromatic rings. The van der Waals surface area contributed by atoms with Gasteiger partial charge in [-0.05, 0) is 43.2 Å². The van der Waals surface area contributed by atoms with Crippen molar-refractivity contribution in [3.8, 4) is 5.75 Å². The third-order valence-electron chi connectivity index (χ3n) is 4.91. The number of rotatable bonds is 4. The van der Waals surface area contributed by atoms with Crippen LogP contribution in [0.4, 0.5) is 14.5 Å². The number of aromatic nitrogens is 2. The number of hydrogen-bond donors (Lipinski definition) is 2. The van der Waals surface area contributed by atoms with Crippen molar-refractivity contribution in [3.05, 3.63) is 71.8 Å². The van der Waals surface area contributed by atoms with Gasteiger partial charge in [-0.15, -0.1) is 0 Å². The van der Waals surface area contributed by atoms with E-state index in [1.165, 1.54) is 10.6 Å². The number of fused-ring (bicyclic) bond motifs is 1. The number of nitrogens with zero attached hydrogens (tertiary/aromatic N) is 2. The van der Waals surface area contributed by atoms with E-state index in [0.717, 1.165) is 17.7 Å². The summed E-state index contributed by atoms with van der Waals surface area (Å²) in [5.41, 5.74) is 0.552. The molecule has 0 saturated carbocycles. The molecule has 3 heterocycles. The molecule has 10 heteroatoms. The summed E-state index contributed by atoms with van der Waals surface area (Å²) < 4.78 is 50.2. The number of halogens is 2. The van der Waals surface area contributed by atoms with Gasteiger partial charge in [0.05, 0.1) is 5.54 Å². The number of anilines is 1. The summed E-state index contributed by atoms with van der Waals surface area (Å²) >= 11 is 0. The van der Waals surface area contributed by atoms with E-state index in [4.69, 9.17) is 4.74 Å². The lowest BCUT2D eigenvalue weighted by Gasteiger charge is -2.27. The van der Waals surface area contributed by atoms with E-state index < -0.39 is 34.1 Å². The Balaban J connectivity index is 0.00000149. The van der Waals surface area contributed by atoms with E-state index >= 15 is 0 Å². The molecule has 2 unspecified atom stereocenters. The number of carbonyl (C=O) groups is 1. The number of aryl methyl sites for hydroxylation is 1. The molecule has 1 amide bonds. The van der Waals surface area contributed by atoms with E-state index in [2.05, 4.69) is 15.0 Å². The highest BCUT2D eigenvalue weighted by atomic mass is 32.2. The average molecular weight is 477 g/mol. The van der Waals surface area contributed by atoms with Crippen molar-refractivity contribution in [1.29, 1.82) is 0 Å². The Morgan fingerprint density at radius 3 is 2.61 bits per heavy atom. The Bertz CT molecular complexity index is 1170. The summed E-state index contributed by atoms with van der Waals surface area (Å²) in [7, 11) is -0.0193. The molecular weight excluding hydrogens is 450 g/mol. The molecule has 7 nitrogen and oxygen atoms in total. The molecule has 0 fully saturated rings. The van der Waals surface area contributed by atoms with Crippen LogP contribution in [0.1, 0.15) is 36.8 Å². The molecule has 176 valence electrons. The monoisotopic (exact) mass is 476 g/mol. The average Bonchev–Trinajstić information content (AvgIpc) is 3.07. The Hall–Kier alpha value is -3.11. The fraction of sp³-hybridized carbons (Fsp3) is 0.304. The van der Waals surface area contributed by atoms with Crippen LogP contribution in [0.3, 0.4) is 0 Å². The second kappa shape index (κ2) is 10.2. The maximum Gasteiger partial charge on any atom is 0.276 e. The highest BCUT2D eigenvalue weighted by molar-refractivity contribution is 7.83. The summed E-state index contributed by atoms with van der Waals surface area (Å²) in [5, 5.41) is 2.53. The molecule has 33 heavy (non-hydrogen) atoms.